The molecule has 2 atom stereocenters. The first kappa shape index (κ1) is 19.7. The van der Waals surface area contributed by atoms with Crippen molar-refractivity contribution in [3.05, 3.63) is 0 Å². The van der Waals surface area contributed by atoms with Crippen LogP contribution >= 0.6 is 0 Å². The summed E-state index contributed by atoms with van der Waals surface area (Å²) in [5.74, 6) is 0.0600. The number of sulfone groups is 1. The van der Waals surface area contributed by atoms with E-state index < -0.39 is 9.84 Å². The van der Waals surface area contributed by atoms with Crippen LogP contribution in [0.15, 0.2) is 4.99 Å². The van der Waals surface area contributed by atoms with Crippen molar-refractivity contribution in [3.8, 4) is 0 Å². The fraction of sp³-hybridized carbons (Fsp3) is 0.846. The standard InChI is InChI=1S/C13H27N3O4S/c1-6-14-13(15-9-10(2)12(17)20-4)16-11(3)7-8-21(5,18)19/h10-11H,6-9H2,1-5H3,(H2,14,15,16). The lowest BCUT2D eigenvalue weighted by atomic mass is 10.2. The number of nitrogens with zero attached hydrogens (tertiary/aromatic N) is 1. The zero-order valence-corrected chi connectivity index (χ0v) is 14.3. The summed E-state index contributed by atoms with van der Waals surface area (Å²) in [5, 5.41) is 6.19. The molecule has 0 aliphatic rings. The molecule has 0 saturated heterocycles. The van der Waals surface area contributed by atoms with E-state index in [9.17, 15) is 13.2 Å². The Hall–Kier alpha value is -1.31. The van der Waals surface area contributed by atoms with Crippen molar-refractivity contribution in [3.63, 3.8) is 0 Å². The molecule has 21 heavy (non-hydrogen) atoms. The molecule has 0 aliphatic carbocycles. The Labute approximate surface area is 127 Å². The van der Waals surface area contributed by atoms with Gasteiger partial charge >= 0.3 is 5.97 Å². The van der Waals surface area contributed by atoms with Crippen LogP contribution in [0.4, 0.5) is 0 Å². The normalized spacial score (nSPS) is 15.2. The van der Waals surface area contributed by atoms with E-state index in [0.29, 0.717) is 25.5 Å². The molecule has 124 valence electrons. The topological polar surface area (TPSA) is 96.9 Å². The Balaban J connectivity index is 4.49. The van der Waals surface area contributed by atoms with Crippen LogP contribution in [-0.2, 0) is 19.4 Å². The van der Waals surface area contributed by atoms with E-state index in [1.807, 2.05) is 13.8 Å². The third-order valence-electron chi connectivity index (χ3n) is 2.78. The van der Waals surface area contributed by atoms with Gasteiger partial charge in [0, 0.05) is 18.8 Å². The average molecular weight is 321 g/mol. The lowest BCUT2D eigenvalue weighted by Gasteiger charge is -2.18. The zero-order valence-electron chi connectivity index (χ0n) is 13.5. The number of esters is 1. The second kappa shape index (κ2) is 9.59. The second-order valence-electron chi connectivity index (χ2n) is 5.11. The summed E-state index contributed by atoms with van der Waals surface area (Å²) >= 11 is 0. The van der Waals surface area contributed by atoms with Crippen LogP contribution in [0.2, 0.25) is 0 Å². The largest absolute Gasteiger partial charge is 0.469 e. The molecule has 0 spiro atoms. The van der Waals surface area contributed by atoms with E-state index in [-0.39, 0.29) is 23.7 Å². The smallest absolute Gasteiger partial charge is 0.310 e. The first-order chi connectivity index (χ1) is 9.69. The molecule has 0 aromatic heterocycles. The summed E-state index contributed by atoms with van der Waals surface area (Å²) in [4.78, 5) is 15.6. The number of methoxy groups -OCH3 is 1. The summed E-state index contributed by atoms with van der Waals surface area (Å²) < 4.78 is 26.9. The third kappa shape index (κ3) is 10.1. The van der Waals surface area contributed by atoms with E-state index in [0.717, 1.165) is 0 Å². The number of aliphatic imine (C=N–C) groups is 1. The highest BCUT2D eigenvalue weighted by molar-refractivity contribution is 7.90. The number of ether oxygens (including phenoxy) is 1. The molecule has 0 aromatic rings. The van der Waals surface area contributed by atoms with E-state index in [1.54, 1.807) is 6.92 Å². The SMILES string of the molecule is CCNC(=NCC(C)C(=O)OC)NC(C)CCS(C)(=O)=O. The number of guanidine groups is 1. The van der Waals surface area contributed by atoms with Crippen molar-refractivity contribution in [2.75, 3.05) is 32.2 Å². The van der Waals surface area contributed by atoms with Gasteiger partial charge in [-0.15, -0.1) is 0 Å². The lowest BCUT2D eigenvalue weighted by molar-refractivity contribution is -0.144. The zero-order chi connectivity index (χ0) is 16.5. The summed E-state index contributed by atoms with van der Waals surface area (Å²) in [6, 6.07) is -0.0362. The maximum absolute atomic E-state index is 11.3. The second-order valence-corrected chi connectivity index (χ2v) is 7.37. The Morgan fingerprint density at radius 1 is 1.33 bits per heavy atom. The van der Waals surface area contributed by atoms with Crippen molar-refractivity contribution >= 4 is 21.8 Å². The van der Waals surface area contributed by atoms with Gasteiger partial charge in [0.05, 0.1) is 25.3 Å². The van der Waals surface area contributed by atoms with Crippen molar-refractivity contribution < 1.29 is 17.9 Å². The molecule has 2 unspecified atom stereocenters. The number of hydrogen-bond acceptors (Lipinski definition) is 5. The number of carbonyl (C=O) groups excluding carboxylic acids is 1. The van der Waals surface area contributed by atoms with Gasteiger partial charge < -0.3 is 15.4 Å². The molecule has 0 rings (SSSR count). The summed E-state index contributed by atoms with van der Waals surface area (Å²) in [5.41, 5.74) is 0. The maximum Gasteiger partial charge on any atom is 0.310 e. The van der Waals surface area contributed by atoms with Gasteiger partial charge in [0.25, 0.3) is 0 Å². The molecule has 8 heteroatoms. The van der Waals surface area contributed by atoms with Gasteiger partial charge in [-0.3, -0.25) is 9.79 Å². The summed E-state index contributed by atoms with van der Waals surface area (Å²) in [7, 11) is -1.62. The average Bonchev–Trinajstić information content (AvgIpc) is 2.40. The van der Waals surface area contributed by atoms with Crippen molar-refractivity contribution in [1.82, 2.24) is 10.6 Å². The van der Waals surface area contributed by atoms with Gasteiger partial charge in [0.1, 0.15) is 9.84 Å². The Morgan fingerprint density at radius 3 is 2.43 bits per heavy atom. The van der Waals surface area contributed by atoms with Gasteiger partial charge in [0.15, 0.2) is 5.96 Å². The fourth-order valence-electron chi connectivity index (χ4n) is 1.52. The van der Waals surface area contributed by atoms with E-state index in [1.165, 1.54) is 13.4 Å². The molecule has 0 aromatic carbocycles. The van der Waals surface area contributed by atoms with Crippen LogP contribution in [0.3, 0.4) is 0 Å². The Morgan fingerprint density at radius 2 is 1.95 bits per heavy atom. The maximum atomic E-state index is 11.3. The lowest BCUT2D eigenvalue weighted by Crippen LogP contribution is -2.43. The minimum atomic E-state index is -2.97. The van der Waals surface area contributed by atoms with Crippen LogP contribution in [0.1, 0.15) is 27.2 Å². The summed E-state index contributed by atoms with van der Waals surface area (Å²) in [6.07, 6.45) is 1.72. The molecule has 2 N–H and O–H groups in total. The van der Waals surface area contributed by atoms with Crippen LogP contribution in [0, 0.1) is 5.92 Å². The number of carbonyl (C=O) groups is 1. The number of rotatable bonds is 8. The highest BCUT2D eigenvalue weighted by Crippen LogP contribution is 1.99. The quantitative estimate of drug-likeness (QED) is 0.376. The predicted octanol–water partition coefficient (Wildman–Crippen LogP) is 0.174. The molecule has 0 saturated carbocycles. The first-order valence-electron chi connectivity index (χ1n) is 7.00. The molecule has 0 aliphatic heterocycles. The van der Waals surface area contributed by atoms with Gasteiger partial charge in [-0.05, 0) is 20.3 Å². The predicted molar refractivity (Wildman–Crippen MR) is 84.1 cm³/mol. The van der Waals surface area contributed by atoms with Crippen LogP contribution in [0.25, 0.3) is 0 Å². The first-order valence-corrected chi connectivity index (χ1v) is 9.06. The highest BCUT2D eigenvalue weighted by atomic mass is 32.2. The molecule has 0 bridgehead atoms. The van der Waals surface area contributed by atoms with Crippen molar-refractivity contribution in [2.45, 2.75) is 33.2 Å². The van der Waals surface area contributed by atoms with Gasteiger partial charge in [-0.2, -0.15) is 0 Å². The van der Waals surface area contributed by atoms with E-state index >= 15 is 0 Å². The van der Waals surface area contributed by atoms with Crippen LogP contribution < -0.4 is 10.6 Å². The molecule has 0 fully saturated rings. The molecular formula is C13H27N3O4S. The van der Waals surface area contributed by atoms with E-state index in [2.05, 4.69) is 20.4 Å². The minimum absolute atomic E-state index is 0.0362. The highest BCUT2D eigenvalue weighted by Gasteiger charge is 2.13. The third-order valence-corrected chi connectivity index (χ3v) is 3.75. The Bertz CT molecular complexity index is 448. The minimum Gasteiger partial charge on any atom is -0.469 e. The molecule has 0 heterocycles. The molecule has 0 amide bonds. The number of nitrogens with one attached hydrogen (secondary N) is 2. The molecular weight excluding hydrogens is 294 g/mol. The van der Waals surface area contributed by atoms with Gasteiger partial charge in [0.2, 0.25) is 0 Å². The van der Waals surface area contributed by atoms with Crippen LogP contribution in [-0.4, -0.2) is 58.6 Å². The molecule has 7 nitrogen and oxygen atoms in total. The van der Waals surface area contributed by atoms with E-state index in [4.69, 9.17) is 0 Å². The number of hydrogen-bond donors (Lipinski definition) is 2. The van der Waals surface area contributed by atoms with Crippen molar-refractivity contribution in [2.24, 2.45) is 10.9 Å². The van der Waals surface area contributed by atoms with Gasteiger partial charge in [-0.1, -0.05) is 6.92 Å². The molecule has 0 radical (unpaired) electrons. The van der Waals surface area contributed by atoms with Crippen LogP contribution in [0.5, 0.6) is 0 Å². The van der Waals surface area contributed by atoms with Crippen molar-refractivity contribution in [1.29, 1.82) is 0 Å². The Kier molecular flexibility index (Phi) is 9.00. The summed E-state index contributed by atoms with van der Waals surface area (Å²) in [6.45, 7) is 6.55. The monoisotopic (exact) mass is 321 g/mol. The van der Waals surface area contributed by atoms with Gasteiger partial charge in [-0.25, -0.2) is 8.42 Å². The fourth-order valence-corrected chi connectivity index (χ4v) is 2.30.